The minimum Gasteiger partial charge on any atom is -0.350 e. The maximum absolute atomic E-state index is 13.8. The highest BCUT2D eigenvalue weighted by atomic mass is 35.5. The third kappa shape index (κ3) is 3.79. The van der Waals surface area contributed by atoms with E-state index >= 15 is 0 Å². The Hall–Kier alpha value is -1.94. The Labute approximate surface area is 128 Å². The number of pyridine rings is 1. The molecule has 0 aliphatic carbocycles. The maximum Gasteiger partial charge on any atom is 0.269 e. The van der Waals surface area contributed by atoms with Gasteiger partial charge in [-0.15, -0.1) is 0 Å². The second kappa shape index (κ2) is 6.22. The van der Waals surface area contributed by atoms with Crippen molar-refractivity contribution in [1.29, 1.82) is 0 Å². The highest BCUT2D eigenvalue weighted by Gasteiger charge is 2.24. The van der Waals surface area contributed by atoms with Gasteiger partial charge in [0.1, 0.15) is 11.5 Å². The molecule has 2 aromatic rings. The Balaban J connectivity index is 2.08. The van der Waals surface area contributed by atoms with Crippen molar-refractivity contribution in [2.75, 3.05) is 6.54 Å². The first-order valence-corrected chi connectivity index (χ1v) is 6.93. The van der Waals surface area contributed by atoms with E-state index in [1.165, 1.54) is 18.3 Å². The van der Waals surface area contributed by atoms with Crippen LogP contribution in [0.1, 0.15) is 29.9 Å². The third-order valence-electron chi connectivity index (χ3n) is 3.25. The molecule has 0 saturated heterocycles. The van der Waals surface area contributed by atoms with Crippen molar-refractivity contribution in [3.8, 4) is 0 Å². The van der Waals surface area contributed by atoms with Crippen molar-refractivity contribution >= 4 is 17.5 Å². The molecule has 0 bridgehead atoms. The summed E-state index contributed by atoms with van der Waals surface area (Å²) < 4.78 is 13.8. The summed E-state index contributed by atoms with van der Waals surface area (Å²) in [5, 5.41) is 3.21. The molecular weight excluding hydrogens is 291 g/mol. The molecule has 1 aromatic carbocycles. The number of benzene rings is 1. The van der Waals surface area contributed by atoms with Crippen LogP contribution in [0.5, 0.6) is 0 Å². The molecule has 21 heavy (non-hydrogen) atoms. The lowest BCUT2D eigenvalue weighted by Crippen LogP contribution is -2.37. The predicted molar refractivity (Wildman–Crippen MR) is 81.0 cm³/mol. The number of hydrogen-bond donors (Lipinski definition) is 1. The van der Waals surface area contributed by atoms with Gasteiger partial charge in [0.25, 0.3) is 5.91 Å². The molecule has 1 aromatic heterocycles. The van der Waals surface area contributed by atoms with Crippen LogP contribution < -0.4 is 5.32 Å². The van der Waals surface area contributed by atoms with Crippen LogP contribution in [0.4, 0.5) is 4.39 Å². The second-order valence-corrected chi connectivity index (χ2v) is 5.84. The first-order chi connectivity index (χ1) is 9.90. The molecule has 0 saturated carbocycles. The molecule has 2 rings (SSSR count). The van der Waals surface area contributed by atoms with Gasteiger partial charge in [0, 0.05) is 23.2 Å². The van der Waals surface area contributed by atoms with E-state index in [9.17, 15) is 9.18 Å². The minimum absolute atomic E-state index is 0.242. The fraction of sp³-hybridized carbons (Fsp3) is 0.250. The Morgan fingerprint density at radius 3 is 2.71 bits per heavy atom. The normalized spacial score (nSPS) is 11.2. The van der Waals surface area contributed by atoms with E-state index in [0.717, 1.165) is 0 Å². The largest absolute Gasteiger partial charge is 0.350 e. The van der Waals surface area contributed by atoms with Crippen LogP contribution in [0, 0.1) is 5.82 Å². The zero-order chi connectivity index (χ0) is 15.5. The highest BCUT2D eigenvalue weighted by molar-refractivity contribution is 6.30. The van der Waals surface area contributed by atoms with Crippen LogP contribution in [-0.4, -0.2) is 17.4 Å². The van der Waals surface area contributed by atoms with Gasteiger partial charge >= 0.3 is 0 Å². The molecule has 0 atom stereocenters. The predicted octanol–water partition coefficient (Wildman–Crippen LogP) is 3.58. The van der Waals surface area contributed by atoms with Crippen LogP contribution in [-0.2, 0) is 5.41 Å². The molecule has 5 heteroatoms. The average Bonchev–Trinajstić information content (AvgIpc) is 2.45. The topological polar surface area (TPSA) is 42.0 Å². The van der Waals surface area contributed by atoms with E-state index in [0.29, 0.717) is 17.1 Å². The molecule has 110 valence electrons. The average molecular weight is 307 g/mol. The summed E-state index contributed by atoms with van der Waals surface area (Å²) in [6.07, 6.45) is 1.47. The van der Waals surface area contributed by atoms with E-state index in [1.807, 2.05) is 13.8 Å². The quantitative estimate of drug-likeness (QED) is 0.938. The number of nitrogens with zero attached hydrogens (tertiary/aromatic N) is 1. The van der Waals surface area contributed by atoms with Crippen molar-refractivity contribution in [3.05, 3.63) is 64.7 Å². The second-order valence-electron chi connectivity index (χ2n) is 5.41. The molecule has 1 N–H and O–H groups in total. The van der Waals surface area contributed by atoms with Crippen LogP contribution in [0.15, 0.2) is 42.6 Å². The Bertz CT molecular complexity index is 658. The van der Waals surface area contributed by atoms with Crippen LogP contribution in [0.25, 0.3) is 0 Å². The van der Waals surface area contributed by atoms with E-state index in [-0.39, 0.29) is 17.4 Å². The van der Waals surface area contributed by atoms with Crippen LogP contribution in [0.2, 0.25) is 5.02 Å². The van der Waals surface area contributed by atoms with Gasteiger partial charge in [0.05, 0.1) is 0 Å². The summed E-state index contributed by atoms with van der Waals surface area (Å²) in [6.45, 7) is 4.04. The SMILES string of the molecule is CC(C)(CNC(=O)c1cc(Cl)ccn1)c1ccccc1F. The number of hydrogen-bond acceptors (Lipinski definition) is 2. The zero-order valence-corrected chi connectivity index (χ0v) is 12.6. The summed E-state index contributed by atoms with van der Waals surface area (Å²) >= 11 is 5.83. The van der Waals surface area contributed by atoms with Crippen molar-refractivity contribution in [3.63, 3.8) is 0 Å². The standard InChI is InChI=1S/C16H16ClFN2O/c1-16(2,12-5-3-4-6-13(12)18)10-20-15(21)14-9-11(17)7-8-19-14/h3-9H,10H2,1-2H3,(H,20,21). The lowest BCUT2D eigenvalue weighted by atomic mass is 9.84. The number of aromatic nitrogens is 1. The number of carbonyl (C=O) groups is 1. The molecule has 1 heterocycles. The van der Waals surface area contributed by atoms with Crippen LogP contribution >= 0.6 is 11.6 Å². The Kier molecular flexibility index (Phi) is 4.58. The van der Waals surface area contributed by atoms with Crippen molar-refractivity contribution < 1.29 is 9.18 Å². The van der Waals surface area contributed by atoms with Crippen LogP contribution in [0.3, 0.4) is 0 Å². The van der Waals surface area contributed by atoms with Gasteiger partial charge in [-0.3, -0.25) is 9.78 Å². The van der Waals surface area contributed by atoms with E-state index in [4.69, 9.17) is 11.6 Å². The summed E-state index contributed by atoms with van der Waals surface area (Å²) in [6, 6.07) is 9.65. The van der Waals surface area contributed by atoms with E-state index in [1.54, 1.807) is 24.3 Å². The van der Waals surface area contributed by atoms with Gasteiger partial charge in [0.2, 0.25) is 0 Å². The van der Waals surface area contributed by atoms with Gasteiger partial charge in [0.15, 0.2) is 0 Å². The Morgan fingerprint density at radius 2 is 2.05 bits per heavy atom. The van der Waals surface area contributed by atoms with Crippen molar-refractivity contribution in [2.24, 2.45) is 0 Å². The number of carbonyl (C=O) groups excluding carboxylic acids is 1. The fourth-order valence-corrected chi connectivity index (χ4v) is 2.19. The van der Waals surface area contributed by atoms with Gasteiger partial charge in [-0.25, -0.2) is 4.39 Å². The number of nitrogens with one attached hydrogen (secondary N) is 1. The fourth-order valence-electron chi connectivity index (χ4n) is 2.03. The number of amides is 1. The number of rotatable bonds is 4. The molecule has 0 spiro atoms. The molecule has 0 aliphatic rings. The summed E-state index contributed by atoms with van der Waals surface area (Å²) in [5.74, 6) is -0.612. The van der Waals surface area contributed by atoms with E-state index < -0.39 is 5.41 Å². The molecular formula is C16H16ClFN2O. The van der Waals surface area contributed by atoms with Gasteiger partial charge in [-0.1, -0.05) is 43.6 Å². The third-order valence-corrected chi connectivity index (χ3v) is 3.48. The Morgan fingerprint density at radius 1 is 1.33 bits per heavy atom. The lowest BCUT2D eigenvalue weighted by Gasteiger charge is -2.26. The molecule has 0 fully saturated rings. The molecule has 0 unspecified atom stereocenters. The summed E-state index contributed by atoms with van der Waals surface area (Å²) in [7, 11) is 0. The first-order valence-electron chi connectivity index (χ1n) is 6.55. The maximum atomic E-state index is 13.8. The lowest BCUT2D eigenvalue weighted by molar-refractivity contribution is 0.0940. The van der Waals surface area contributed by atoms with Gasteiger partial charge < -0.3 is 5.32 Å². The van der Waals surface area contributed by atoms with Crippen molar-refractivity contribution in [1.82, 2.24) is 10.3 Å². The monoisotopic (exact) mass is 306 g/mol. The molecule has 1 amide bonds. The molecule has 3 nitrogen and oxygen atoms in total. The highest BCUT2D eigenvalue weighted by Crippen LogP contribution is 2.24. The minimum atomic E-state index is -0.528. The van der Waals surface area contributed by atoms with Gasteiger partial charge in [-0.2, -0.15) is 0 Å². The van der Waals surface area contributed by atoms with Gasteiger partial charge in [-0.05, 0) is 23.8 Å². The number of halogens is 2. The first kappa shape index (κ1) is 15.4. The summed E-state index contributed by atoms with van der Waals surface area (Å²) in [4.78, 5) is 16.0. The smallest absolute Gasteiger partial charge is 0.269 e. The zero-order valence-electron chi connectivity index (χ0n) is 11.9. The van der Waals surface area contributed by atoms with E-state index in [2.05, 4.69) is 10.3 Å². The summed E-state index contributed by atoms with van der Waals surface area (Å²) in [5.41, 5.74) is 0.274. The molecule has 0 aliphatic heterocycles. The van der Waals surface area contributed by atoms with Crippen molar-refractivity contribution in [2.45, 2.75) is 19.3 Å². The molecule has 0 radical (unpaired) electrons.